The number of rotatable bonds is 7. The van der Waals surface area contributed by atoms with Crippen LogP contribution in [0.4, 0.5) is 13.2 Å². The van der Waals surface area contributed by atoms with E-state index in [9.17, 15) is 21.6 Å². The Morgan fingerprint density at radius 3 is 2.58 bits per heavy atom. The fourth-order valence-corrected chi connectivity index (χ4v) is 3.62. The third-order valence-electron chi connectivity index (χ3n) is 2.09. The number of hydrogen-bond acceptors (Lipinski definition) is 4. The number of halogens is 3. The number of thiophene rings is 1. The van der Waals surface area contributed by atoms with Crippen molar-refractivity contribution in [1.82, 2.24) is 10.0 Å². The molecule has 1 aromatic heterocycles. The zero-order valence-electron chi connectivity index (χ0n) is 10.3. The molecule has 2 N–H and O–H groups in total. The molecule has 0 unspecified atom stereocenters. The van der Waals surface area contributed by atoms with Crippen LogP contribution >= 0.6 is 11.3 Å². The molecule has 9 heteroatoms. The molecule has 0 aliphatic heterocycles. The summed E-state index contributed by atoms with van der Waals surface area (Å²) in [5, 5.41) is 3.09. The molecule has 1 heterocycles. The highest BCUT2D eigenvalue weighted by molar-refractivity contribution is 7.91. The van der Waals surface area contributed by atoms with Gasteiger partial charge in [-0.3, -0.25) is 0 Å². The van der Waals surface area contributed by atoms with Gasteiger partial charge in [-0.25, -0.2) is 13.1 Å². The van der Waals surface area contributed by atoms with Crippen LogP contribution < -0.4 is 10.0 Å². The third kappa shape index (κ3) is 5.89. The van der Waals surface area contributed by atoms with E-state index in [2.05, 4.69) is 5.32 Å². The Kier molecular flexibility index (Phi) is 5.78. The van der Waals surface area contributed by atoms with E-state index in [1.807, 2.05) is 6.92 Å². The smallest absolute Gasteiger partial charge is 0.312 e. The van der Waals surface area contributed by atoms with Crippen LogP contribution in [-0.2, 0) is 16.6 Å². The molecule has 0 saturated heterocycles. The van der Waals surface area contributed by atoms with E-state index < -0.39 is 22.7 Å². The molecule has 0 radical (unpaired) electrons. The fraction of sp³-hybridized carbons (Fsp3) is 0.600. The maximum Gasteiger partial charge on any atom is 0.402 e. The van der Waals surface area contributed by atoms with Gasteiger partial charge in [0.05, 0.1) is 0 Å². The maximum absolute atomic E-state index is 12.0. The van der Waals surface area contributed by atoms with Crippen molar-refractivity contribution < 1.29 is 21.6 Å². The van der Waals surface area contributed by atoms with Crippen LogP contribution in [0.1, 0.15) is 18.2 Å². The van der Waals surface area contributed by atoms with Crippen molar-refractivity contribution in [2.45, 2.75) is 30.3 Å². The van der Waals surface area contributed by atoms with Crippen molar-refractivity contribution >= 4 is 21.4 Å². The molecule has 0 aliphatic rings. The van der Waals surface area contributed by atoms with E-state index >= 15 is 0 Å². The van der Waals surface area contributed by atoms with Gasteiger partial charge in [-0.15, -0.1) is 11.3 Å². The molecular weight excluding hydrogens is 301 g/mol. The number of hydrogen-bond donors (Lipinski definition) is 2. The lowest BCUT2D eigenvalue weighted by atomic mass is 10.4. The molecule has 1 aromatic rings. The van der Waals surface area contributed by atoms with Crippen molar-refractivity contribution in [3.63, 3.8) is 0 Å². The van der Waals surface area contributed by atoms with Gasteiger partial charge in [-0.1, -0.05) is 6.92 Å². The Balaban J connectivity index is 2.64. The number of alkyl halides is 3. The average Bonchev–Trinajstić information content (AvgIpc) is 2.76. The van der Waals surface area contributed by atoms with Gasteiger partial charge in [0.2, 0.25) is 10.0 Å². The average molecular weight is 316 g/mol. The minimum Gasteiger partial charge on any atom is -0.312 e. The molecule has 0 amide bonds. The highest BCUT2D eigenvalue weighted by atomic mass is 32.2. The third-order valence-corrected chi connectivity index (χ3v) is 5.07. The Labute approximate surface area is 114 Å². The maximum atomic E-state index is 12.0. The number of sulfonamides is 1. The zero-order valence-corrected chi connectivity index (χ0v) is 11.9. The molecule has 19 heavy (non-hydrogen) atoms. The largest absolute Gasteiger partial charge is 0.402 e. The molecule has 0 aromatic carbocycles. The normalized spacial score (nSPS) is 12.8. The van der Waals surface area contributed by atoms with E-state index in [0.29, 0.717) is 6.54 Å². The first-order valence-electron chi connectivity index (χ1n) is 5.60. The van der Waals surface area contributed by atoms with Crippen molar-refractivity contribution in [3.05, 3.63) is 17.0 Å². The van der Waals surface area contributed by atoms with Crippen LogP contribution in [0.3, 0.4) is 0 Å². The van der Waals surface area contributed by atoms with E-state index in [1.54, 1.807) is 6.07 Å². The molecule has 0 spiro atoms. The Bertz CT molecular complexity index is 497. The van der Waals surface area contributed by atoms with Crippen LogP contribution in [0.5, 0.6) is 0 Å². The lowest BCUT2D eigenvalue weighted by molar-refractivity contribution is -0.121. The Morgan fingerprint density at radius 1 is 1.32 bits per heavy atom. The molecule has 0 aliphatic carbocycles. The second kappa shape index (κ2) is 6.69. The summed E-state index contributed by atoms with van der Waals surface area (Å²) in [5.74, 6) is 0. The molecule has 0 saturated carbocycles. The van der Waals surface area contributed by atoms with Gasteiger partial charge in [0, 0.05) is 11.4 Å². The topological polar surface area (TPSA) is 58.2 Å². The Hall–Kier alpha value is -0.640. The second-order valence-corrected chi connectivity index (χ2v) is 7.00. The van der Waals surface area contributed by atoms with Crippen LogP contribution in [-0.4, -0.2) is 27.7 Å². The first kappa shape index (κ1) is 16.4. The second-order valence-electron chi connectivity index (χ2n) is 3.84. The van der Waals surface area contributed by atoms with Crippen molar-refractivity contribution in [2.75, 3.05) is 13.1 Å². The van der Waals surface area contributed by atoms with Crippen LogP contribution in [0.15, 0.2) is 16.3 Å². The summed E-state index contributed by atoms with van der Waals surface area (Å²) in [6.45, 7) is 1.74. The first-order chi connectivity index (χ1) is 8.74. The minimum atomic E-state index is -4.56. The highest BCUT2D eigenvalue weighted by Gasteiger charge is 2.30. The van der Waals surface area contributed by atoms with Gasteiger partial charge in [0.1, 0.15) is 10.8 Å². The monoisotopic (exact) mass is 316 g/mol. The van der Waals surface area contributed by atoms with E-state index in [-0.39, 0.29) is 4.21 Å². The lowest BCUT2D eigenvalue weighted by Crippen LogP contribution is -2.33. The van der Waals surface area contributed by atoms with E-state index in [0.717, 1.165) is 29.2 Å². The van der Waals surface area contributed by atoms with Crippen molar-refractivity contribution in [3.8, 4) is 0 Å². The zero-order chi connectivity index (χ0) is 14.5. The molecule has 110 valence electrons. The van der Waals surface area contributed by atoms with Gasteiger partial charge in [-0.05, 0) is 25.1 Å². The van der Waals surface area contributed by atoms with Crippen molar-refractivity contribution in [1.29, 1.82) is 0 Å². The predicted octanol–water partition coefficient (Wildman–Crippen LogP) is 2.09. The summed E-state index contributed by atoms with van der Waals surface area (Å²) in [6, 6.07) is 2.90. The van der Waals surface area contributed by atoms with Crippen LogP contribution in [0, 0.1) is 0 Å². The summed E-state index contributed by atoms with van der Waals surface area (Å²) < 4.78 is 60.6. The lowest BCUT2D eigenvalue weighted by Gasteiger charge is -2.07. The van der Waals surface area contributed by atoms with Crippen LogP contribution in [0.2, 0.25) is 0 Å². The van der Waals surface area contributed by atoms with Crippen molar-refractivity contribution in [2.24, 2.45) is 0 Å². The van der Waals surface area contributed by atoms with Gasteiger partial charge in [-0.2, -0.15) is 13.2 Å². The summed E-state index contributed by atoms with van der Waals surface area (Å²) in [6.07, 6.45) is -3.61. The van der Waals surface area contributed by atoms with E-state index in [4.69, 9.17) is 0 Å². The molecule has 0 fully saturated rings. The van der Waals surface area contributed by atoms with Gasteiger partial charge < -0.3 is 5.32 Å². The standard InChI is InChI=1S/C10H15F3N2O2S2/c1-2-5-14-6-8-3-4-9(18-8)19(16,17)15-7-10(11,12)13/h3-4,14-15H,2,5-7H2,1H3. The van der Waals surface area contributed by atoms with Gasteiger partial charge >= 0.3 is 6.18 Å². The highest BCUT2D eigenvalue weighted by Crippen LogP contribution is 2.22. The molecule has 0 atom stereocenters. The fourth-order valence-electron chi connectivity index (χ4n) is 1.23. The predicted molar refractivity (Wildman–Crippen MR) is 67.6 cm³/mol. The first-order valence-corrected chi connectivity index (χ1v) is 7.90. The SMILES string of the molecule is CCCNCc1ccc(S(=O)(=O)NCC(F)(F)F)s1. The van der Waals surface area contributed by atoms with E-state index in [1.165, 1.54) is 10.8 Å². The van der Waals surface area contributed by atoms with Gasteiger partial charge in [0.15, 0.2) is 0 Å². The summed E-state index contributed by atoms with van der Waals surface area (Å²) in [4.78, 5) is 0.765. The summed E-state index contributed by atoms with van der Waals surface area (Å²) >= 11 is 0.961. The van der Waals surface area contributed by atoms with Crippen LogP contribution in [0.25, 0.3) is 0 Å². The number of nitrogens with one attached hydrogen (secondary N) is 2. The Morgan fingerprint density at radius 2 is 2.00 bits per heavy atom. The van der Waals surface area contributed by atoms with Gasteiger partial charge in [0.25, 0.3) is 0 Å². The quantitative estimate of drug-likeness (QED) is 0.757. The minimum absolute atomic E-state index is 0.106. The molecule has 4 nitrogen and oxygen atoms in total. The summed E-state index contributed by atoms with van der Waals surface area (Å²) in [5.41, 5.74) is 0. The molecule has 1 rings (SSSR count). The molecular formula is C10H15F3N2O2S2. The summed E-state index contributed by atoms with van der Waals surface area (Å²) in [7, 11) is -4.08. The molecule has 0 bridgehead atoms.